The van der Waals surface area contributed by atoms with Crippen molar-refractivity contribution in [3.8, 4) is 0 Å². The fourth-order valence-corrected chi connectivity index (χ4v) is 4.62. The van der Waals surface area contributed by atoms with Crippen LogP contribution in [0.15, 0.2) is 29.2 Å². The molecule has 0 bridgehead atoms. The van der Waals surface area contributed by atoms with Gasteiger partial charge in [-0.15, -0.1) is 0 Å². The first kappa shape index (κ1) is 17.9. The molecule has 2 N–H and O–H groups in total. The highest BCUT2D eigenvalue weighted by Crippen LogP contribution is 2.25. The number of hydrogen-bond donors (Lipinski definition) is 2. The lowest BCUT2D eigenvalue weighted by Gasteiger charge is -2.33. The number of nitrogens with one attached hydrogen (secondary N) is 1. The Morgan fingerprint density at radius 2 is 1.64 bits per heavy atom. The molecule has 0 aromatic heterocycles. The molecule has 1 aliphatic carbocycles. The molecule has 0 unspecified atom stereocenters. The lowest BCUT2D eigenvalue weighted by atomic mass is 9.91. The maximum absolute atomic E-state index is 12.7. The zero-order chi connectivity index (χ0) is 18.0. The Labute approximate surface area is 147 Å². The van der Waals surface area contributed by atoms with Crippen molar-refractivity contribution in [1.82, 2.24) is 9.62 Å². The highest BCUT2D eigenvalue weighted by atomic mass is 32.2. The molecule has 0 atom stereocenters. The molecule has 0 spiro atoms. The minimum atomic E-state index is -3.66. The van der Waals surface area contributed by atoms with E-state index in [9.17, 15) is 18.0 Å². The van der Waals surface area contributed by atoms with E-state index in [0.29, 0.717) is 32.0 Å². The van der Waals surface area contributed by atoms with Crippen molar-refractivity contribution in [3.05, 3.63) is 29.8 Å². The van der Waals surface area contributed by atoms with E-state index in [0.717, 1.165) is 19.3 Å². The number of piperidine rings is 1. The van der Waals surface area contributed by atoms with Crippen molar-refractivity contribution in [3.63, 3.8) is 0 Å². The summed E-state index contributed by atoms with van der Waals surface area (Å²) in [5.74, 6) is -1.20. The maximum Gasteiger partial charge on any atom is 0.335 e. The summed E-state index contributed by atoms with van der Waals surface area (Å²) in [6.45, 7) is 0.595. The van der Waals surface area contributed by atoms with Crippen LogP contribution in [0.25, 0.3) is 0 Å². The minimum absolute atomic E-state index is 0.0348. The van der Waals surface area contributed by atoms with E-state index in [4.69, 9.17) is 5.11 Å². The van der Waals surface area contributed by atoms with E-state index < -0.39 is 16.0 Å². The summed E-state index contributed by atoms with van der Waals surface area (Å²) in [6.07, 6.45) is 4.23. The molecule has 136 valence electrons. The molecule has 1 aromatic rings. The Morgan fingerprint density at radius 1 is 1.04 bits per heavy atom. The molecule has 1 aliphatic heterocycles. The monoisotopic (exact) mass is 366 g/mol. The van der Waals surface area contributed by atoms with E-state index in [1.54, 1.807) is 0 Å². The maximum atomic E-state index is 12.7. The molecular formula is C17H22N2O5S. The van der Waals surface area contributed by atoms with Gasteiger partial charge in [0.2, 0.25) is 15.9 Å². The van der Waals surface area contributed by atoms with Gasteiger partial charge in [0.25, 0.3) is 0 Å². The highest BCUT2D eigenvalue weighted by molar-refractivity contribution is 7.89. The smallest absolute Gasteiger partial charge is 0.335 e. The Hall–Kier alpha value is -1.93. The van der Waals surface area contributed by atoms with Gasteiger partial charge in [0.15, 0.2) is 0 Å². The van der Waals surface area contributed by atoms with Gasteiger partial charge in [-0.2, -0.15) is 4.31 Å². The molecule has 1 saturated carbocycles. The molecule has 0 radical (unpaired) electrons. The molecule has 1 heterocycles. The van der Waals surface area contributed by atoms with Crippen molar-refractivity contribution in [2.75, 3.05) is 13.1 Å². The molecule has 1 aromatic carbocycles. The van der Waals surface area contributed by atoms with Crippen molar-refractivity contribution >= 4 is 21.9 Å². The first-order valence-electron chi connectivity index (χ1n) is 8.52. The predicted octanol–water partition coefficient (Wildman–Crippen LogP) is 1.45. The number of rotatable bonds is 5. The summed E-state index contributed by atoms with van der Waals surface area (Å²) in [7, 11) is -3.66. The van der Waals surface area contributed by atoms with Crippen LogP contribution in [0.4, 0.5) is 0 Å². The number of aromatic carboxylic acids is 1. The Balaban J connectivity index is 1.60. The third-order valence-electron chi connectivity index (χ3n) is 5.02. The average molecular weight is 366 g/mol. The predicted molar refractivity (Wildman–Crippen MR) is 90.7 cm³/mol. The molecule has 3 rings (SSSR count). The number of amides is 1. The molecule has 8 heteroatoms. The van der Waals surface area contributed by atoms with E-state index >= 15 is 0 Å². The average Bonchev–Trinajstić information content (AvgIpc) is 2.58. The van der Waals surface area contributed by atoms with Crippen molar-refractivity contribution in [2.24, 2.45) is 5.92 Å². The van der Waals surface area contributed by atoms with Gasteiger partial charge in [0.1, 0.15) is 0 Å². The second kappa shape index (κ2) is 7.13. The quantitative estimate of drug-likeness (QED) is 0.821. The van der Waals surface area contributed by atoms with Crippen LogP contribution in [0.3, 0.4) is 0 Å². The van der Waals surface area contributed by atoms with Gasteiger partial charge in [-0.1, -0.05) is 0 Å². The van der Waals surface area contributed by atoms with Gasteiger partial charge in [-0.25, -0.2) is 13.2 Å². The number of nitrogens with zero attached hydrogens (tertiary/aromatic N) is 1. The van der Waals surface area contributed by atoms with Crippen LogP contribution < -0.4 is 5.32 Å². The van der Waals surface area contributed by atoms with Crippen LogP contribution in [0.2, 0.25) is 0 Å². The van der Waals surface area contributed by atoms with Gasteiger partial charge < -0.3 is 10.4 Å². The third-order valence-corrected chi connectivity index (χ3v) is 6.93. The van der Waals surface area contributed by atoms with Gasteiger partial charge in [0.05, 0.1) is 10.5 Å². The normalized spacial score (nSPS) is 20.0. The molecule has 1 saturated heterocycles. The first-order valence-corrected chi connectivity index (χ1v) is 9.96. The number of benzene rings is 1. The van der Waals surface area contributed by atoms with Gasteiger partial charge in [-0.05, 0) is 56.4 Å². The Bertz CT molecular complexity index is 748. The van der Waals surface area contributed by atoms with Crippen LogP contribution >= 0.6 is 0 Å². The molecule has 2 aliphatic rings. The number of carboxylic acids is 1. The number of carboxylic acid groups (broad SMARTS) is 1. The molecular weight excluding hydrogens is 344 g/mol. The van der Waals surface area contributed by atoms with Crippen LogP contribution in [0, 0.1) is 5.92 Å². The van der Waals surface area contributed by atoms with E-state index in [1.165, 1.54) is 28.6 Å². The Morgan fingerprint density at radius 3 is 2.12 bits per heavy atom. The van der Waals surface area contributed by atoms with Crippen LogP contribution in [-0.4, -0.2) is 48.8 Å². The summed E-state index contributed by atoms with van der Waals surface area (Å²) in [4.78, 5) is 23.1. The van der Waals surface area contributed by atoms with Gasteiger partial charge >= 0.3 is 5.97 Å². The third kappa shape index (κ3) is 3.85. The highest BCUT2D eigenvalue weighted by Gasteiger charge is 2.33. The fourth-order valence-electron chi connectivity index (χ4n) is 3.15. The summed E-state index contributed by atoms with van der Waals surface area (Å²) >= 11 is 0. The van der Waals surface area contributed by atoms with Crippen molar-refractivity contribution in [1.29, 1.82) is 0 Å². The molecule has 2 fully saturated rings. The summed E-state index contributed by atoms with van der Waals surface area (Å²) in [6, 6.07) is 5.49. The van der Waals surface area contributed by atoms with Crippen LogP contribution in [-0.2, 0) is 14.8 Å². The number of hydrogen-bond acceptors (Lipinski definition) is 4. The summed E-state index contributed by atoms with van der Waals surface area (Å²) < 4.78 is 26.7. The second-order valence-electron chi connectivity index (χ2n) is 6.64. The van der Waals surface area contributed by atoms with Crippen LogP contribution in [0.1, 0.15) is 42.5 Å². The molecule has 7 nitrogen and oxygen atoms in total. The van der Waals surface area contributed by atoms with E-state index in [2.05, 4.69) is 5.32 Å². The minimum Gasteiger partial charge on any atom is -0.478 e. The largest absolute Gasteiger partial charge is 0.478 e. The van der Waals surface area contributed by atoms with Crippen LogP contribution in [0.5, 0.6) is 0 Å². The zero-order valence-electron chi connectivity index (χ0n) is 13.8. The SMILES string of the molecule is O=C(O)c1ccc(S(=O)(=O)N2CCC(C(=O)NC3CCC3)CC2)cc1. The molecule has 1 amide bonds. The topological polar surface area (TPSA) is 104 Å². The summed E-state index contributed by atoms with van der Waals surface area (Å²) in [5, 5.41) is 11.9. The number of carbonyl (C=O) groups is 2. The van der Waals surface area contributed by atoms with Gasteiger partial charge in [-0.3, -0.25) is 4.79 Å². The van der Waals surface area contributed by atoms with E-state index in [-0.39, 0.29) is 22.3 Å². The zero-order valence-corrected chi connectivity index (χ0v) is 14.7. The number of carbonyl (C=O) groups excluding carboxylic acids is 1. The lowest BCUT2D eigenvalue weighted by Crippen LogP contribution is -2.46. The standard InChI is InChI=1S/C17H22N2O5S/c20-16(18-14-2-1-3-14)12-8-10-19(11-9-12)25(23,24)15-6-4-13(5-7-15)17(21)22/h4-7,12,14H,1-3,8-11H2,(H,18,20)(H,21,22). The second-order valence-corrected chi connectivity index (χ2v) is 8.58. The van der Waals surface area contributed by atoms with Crippen molar-refractivity contribution in [2.45, 2.75) is 43.0 Å². The molecule has 25 heavy (non-hydrogen) atoms. The number of sulfonamides is 1. The van der Waals surface area contributed by atoms with Crippen molar-refractivity contribution < 1.29 is 23.1 Å². The van der Waals surface area contributed by atoms with E-state index in [1.807, 2.05) is 0 Å². The summed E-state index contributed by atoms with van der Waals surface area (Å²) in [5.41, 5.74) is 0.0466. The first-order chi connectivity index (χ1) is 11.9. The Kier molecular flexibility index (Phi) is 5.10. The van der Waals surface area contributed by atoms with Gasteiger partial charge in [0, 0.05) is 25.0 Å². The lowest BCUT2D eigenvalue weighted by molar-refractivity contribution is -0.127. The fraction of sp³-hybridized carbons (Fsp3) is 0.529.